The predicted molar refractivity (Wildman–Crippen MR) is 136 cm³/mol. The van der Waals surface area contributed by atoms with Gasteiger partial charge in [-0.05, 0) is 50.8 Å². The predicted octanol–water partition coefficient (Wildman–Crippen LogP) is 4.85. The van der Waals surface area contributed by atoms with Crippen LogP contribution in [-0.4, -0.2) is 40.3 Å². The van der Waals surface area contributed by atoms with Gasteiger partial charge >= 0.3 is 0 Å². The van der Waals surface area contributed by atoms with Crippen molar-refractivity contribution in [3.05, 3.63) is 52.1 Å². The lowest BCUT2D eigenvalue weighted by molar-refractivity contribution is -0.0395. The van der Waals surface area contributed by atoms with E-state index in [1.165, 1.54) is 36.2 Å². The molecule has 0 radical (unpaired) electrons. The van der Waals surface area contributed by atoms with Gasteiger partial charge in [0, 0.05) is 30.5 Å². The summed E-state index contributed by atoms with van der Waals surface area (Å²) in [6.45, 7) is 6.81. The van der Waals surface area contributed by atoms with Crippen LogP contribution in [0, 0.1) is 0 Å². The monoisotopic (exact) mass is 476 g/mol. The van der Waals surface area contributed by atoms with Crippen molar-refractivity contribution in [3.8, 4) is 11.4 Å². The minimum absolute atomic E-state index is 0.0999. The third-order valence-electron chi connectivity index (χ3n) is 6.93. The summed E-state index contributed by atoms with van der Waals surface area (Å²) in [7, 11) is 1.61. The first kappa shape index (κ1) is 21.6. The Balaban J connectivity index is 1.62. The molecule has 7 nitrogen and oxygen atoms in total. The molecule has 0 spiro atoms. The molecule has 2 aliphatic rings. The Bertz CT molecular complexity index is 1470. The van der Waals surface area contributed by atoms with Crippen LogP contribution in [0.3, 0.4) is 0 Å². The van der Waals surface area contributed by atoms with Crippen LogP contribution < -0.4 is 15.2 Å². The zero-order valence-electron chi connectivity index (χ0n) is 19.8. The van der Waals surface area contributed by atoms with Crippen LogP contribution in [0.25, 0.3) is 26.1 Å². The lowest BCUT2D eigenvalue weighted by Crippen LogP contribution is -2.36. The van der Waals surface area contributed by atoms with Crippen LogP contribution in [0.2, 0.25) is 0 Å². The first-order valence-corrected chi connectivity index (χ1v) is 12.7. The molecule has 1 fully saturated rings. The Morgan fingerprint density at radius 2 is 1.91 bits per heavy atom. The van der Waals surface area contributed by atoms with Crippen molar-refractivity contribution in [3.63, 3.8) is 0 Å². The second-order valence-corrected chi connectivity index (χ2v) is 10.7. The highest BCUT2D eigenvalue weighted by atomic mass is 32.1. The van der Waals surface area contributed by atoms with Gasteiger partial charge < -0.3 is 14.4 Å². The van der Waals surface area contributed by atoms with Crippen LogP contribution >= 0.6 is 11.3 Å². The second-order valence-electron chi connectivity index (χ2n) is 9.72. The van der Waals surface area contributed by atoms with Gasteiger partial charge in [-0.1, -0.05) is 12.1 Å². The van der Waals surface area contributed by atoms with Crippen LogP contribution in [0.4, 0.5) is 5.82 Å². The molecule has 34 heavy (non-hydrogen) atoms. The Morgan fingerprint density at radius 3 is 2.71 bits per heavy atom. The number of fused-ring (bicyclic) bond motifs is 5. The molecule has 6 rings (SSSR count). The third kappa shape index (κ3) is 3.39. The maximum absolute atomic E-state index is 13.7. The van der Waals surface area contributed by atoms with Gasteiger partial charge in [0.25, 0.3) is 5.56 Å². The second kappa shape index (κ2) is 8.06. The highest BCUT2D eigenvalue weighted by molar-refractivity contribution is 7.25. The van der Waals surface area contributed by atoms with E-state index in [1.807, 2.05) is 24.3 Å². The van der Waals surface area contributed by atoms with Gasteiger partial charge in [0.1, 0.15) is 27.4 Å². The maximum Gasteiger partial charge on any atom is 0.276 e. The molecule has 0 N–H and O–H groups in total. The van der Waals surface area contributed by atoms with E-state index in [-0.39, 0.29) is 11.2 Å². The molecule has 0 saturated carbocycles. The molecule has 0 atom stereocenters. The molecule has 2 aliphatic heterocycles. The fourth-order valence-electron chi connectivity index (χ4n) is 5.22. The van der Waals surface area contributed by atoms with E-state index in [2.05, 4.69) is 18.7 Å². The zero-order chi connectivity index (χ0) is 23.4. The lowest BCUT2D eigenvalue weighted by atomic mass is 9.90. The highest BCUT2D eigenvalue weighted by Gasteiger charge is 2.33. The van der Waals surface area contributed by atoms with Gasteiger partial charge in [-0.25, -0.2) is 9.97 Å². The largest absolute Gasteiger partial charge is 0.495 e. The molecule has 0 bridgehead atoms. The number of ether oxygens (including phenoxy) is 2. The molecule has 0 aliphatic carbocycles. The molecule has 5 heterocycles. The number of rotatable bonds is 3. The van der Waals surface area contributed by atoms with Gasteiger partial charge in [0.05, 0.1) is 30.5 Å². The van der Waals surface area contributed by atoms with E-state index in [0.29, 0.717) is 22.7 Å². The Kier molecular flexibility index (Phi) is 5.11. The van der Waals surface area contributed by atoms with Crippen LogP contribution in [0.1, 0.15) is 44.2 Å². The maximum atomic E-state index is 13.7. The number of methoxy groups -OCH3 is 1. The van der Waals surface area contributed by atoms with Crippen molar-refractivity contribution < 1.29 is 9.47 Å². The van der Waals surface area contributed by atoms with Crippen LogP contribution in [-0.2, 0) is 17.8 Å². The van der Waals surface area contributed by atoms with Gasteiger partial charge in [0.2, 0.25) is 0 Å². The Labute approximate surface area is 202 Å². The number of hydrogen-bond acceptors (Lipinski definition) is 7. The number of nitrogens with zero attached hydrogens (tertiary/aromatic N) is 4. The number of aromatic nitrogens is 3. The summed E-state index contributed by atoms with van der Waals surface area (Å²) < 4.78 is 13.9. The number of anilines is 1. The van der Waals surface area contributed by atoms with E-state index in [0.717, 1.165) is 46.6 Å². The SMILES string of the molecule is COc1ccccc1-n1cnc2c(sc3nc(N4CCCCC4)c4c(c32)CC(C)(C)OC4)c1=O. The van der Waals surface area contributed by atoms with Gasteiger partial charge in [-0.3, -0.25) is 9.36 Å². The molecule has 4 aromatic rings. The van der Waals surface area contributed by atoms with Gasteiger partial charge in [-0.15, -0.1) is 11.3 Å². The van der Waals surface area contributed by atoms with Crippen molar-refractivity contribution >= 4 is 37.6 Å². The summed E-state index contributed by atoms with van der Waals surface area (Å²) in [5.74, 6) is 1.66. The standard InChI is InChI=1S/C26H28N4O3S/c1-26(2)13-16-17(14-33-26)23(29-11-7-4-8-12-29)28-24-20(16)21-22(34-24)25(31)30(15-27-21)18-9-5-6-10-19(18)32-3/h5-6,9-10,15H,4,7-8,11-14H2,1-3H3. The molecule has 1 saturated heterocycles. The van der Waals surface area contributed by atoms with E-state index in [4.69, 9.17) is 19.4 Å². The normalized spacial score (nSPS) is 17.8. The van der Waals surface area contributed by atoms with Gasteiger partial charge in [-0.2, -0.15) is 0 Å². The lowest BCUT2D eigenvalue weighted by Gasteiger charge is -2.36. The minimum atomic E-state index is -0.277. The summed E-state index contributed by atoms with van der Waals surface area (Å²) in [6, 6.07) is 7.50. The molecular formula is C26H28N4O3S. The summed E-state index contributed by atoms with van der Waals surface area (Å²) >= 11 is 1.45. The fourth-order valence-corrected chi connectivity index (χ4v) is 6.30. The smallest absolute Gasteiger partial charge is 0.276 e. The quantitative estimate of drug-likeness (QED) is 0.421. The molecule has 0 unspecified atom stereocenters. The molecular weight excluding hydrogens is 448 g/mol. The molecule has 8 heteroatoms. The van der Waals surface area contributed by atoms with E-state index in [1.54, 1.807) is 18.0 Å². The van der Waals surface area contributed by atoms with Gasteiger partial charge in [0.15, 0.2) is 0 Å². The topological polar surface area (TPSA) is 69.5 Å². The van der Waals surface area contributed by atoms with Crippen molar-refractivity contribution in [2.45, 2.75) is 51.7 Å². The first-order chi connectivity index (χ1) is 16.5. The van der Waals surface area contributed by atoms with Crippen molar-refractivity contribution in [1.82, 2.24) is 14.5 Å². The van der Waals surface area contributed by atoms with Crippen LogP contribution in [0.5, 0.6) is 5.75 Å². The Morgan fingerprint density at radius 1 is 1.12 bits per heavy atom. The summed E-state index contributed by atoms with van der Waals surface area (Å²) in [5, 5.41) is 1.01. The first-order valence-electron chi connectivity index (χ1n) is 11.8. The van der Waals surface area contributed by atoms with Crippen molar-refractivity contribution in [1.29, 1.82) is 0 Å². The average Bonchev–Trinajstić information content (AvgIpc) is 3.23. The van der Waals surface area contributed by atoms with E-state index >= 15 is 0 Å². The van der Waals surface area contributed by atoms with Crippen LogP contribution in [0.15, 0.2) is 35.4 Å². The zero-order valence-corrected chi connectivity index (χ0v) is 20.6. The fraction of sp³-hybridized carbons (Fsp3) is 0.423. The summed E-state index contributed by atoms with van der Waals surface area (Å²) in [4.78, 5) is 26.9. The molecule has 0 amide bonds. The molecule has 3 aromatic heterocycles. The number of benzene rings is 1. The number of para-hydroxylation sites is 2. The average molecular weight is 477 g/mol. The third-order valence-corrected chi connectivity index (χ3v) is 7.99. The number of piperidine rings is 1. The number of pyridine rings is 1. The summed E-state index contributed by atoms with van der Waals surface area (Å²) in [6.07, 6.45) is 6.01. The molecule has 176 valence electrons. The van der Waals surface area contributed by atoms with E-state index < -0.39 is 0 Å². The molecule has 1 aromatic carbocycles. The van der Waals surface area contributed by atoms with E-state index in [9.17, 15) is 4.79 Å². The Hall–Kier alpha value is -2.97. The minimum Gasteiger partial charge on any atom is -0.495 e. The number of thiophene rings is 1. The van der Waals surface area contributed by atoms with Crippen molar-refractivity contribution in [2.75, 3.05) is 25.1 Å². The van der Waals surface area contributed by atoms with Crippen molar-refractivity contribution in [2.24, 2.45) is 0 Å². The summed E-state index contributed by atoms with van der Waals surface area (Å²) in [5.41, 5.74) is 3.43. The number of hydrogen-bond donors (Lipinski definition) is 0. The highest BCUT2D eigenvalue weighted by Crippen LogP contribution is 2.42.